The average Bonchev–Trinajstić information content (AvgIpc) is 2.94. The molecule has 112 valence electrons. The van der Waals surface area contributed by atoms with Crippen LogP contribution in [0.15, 0.2) is 5.38 Å². The summed E-state index contributed by atoms with van der Waals surface area (Å²) < 4.78 is 0. The molecule has 1 aliphatic heterocycles. The second-order valence-corrected chi connectivity index (χ2v) is 6.36. The van der Waals surface area contributed by atoms with Gasteiger partial charge in [0.2, 0.25) is 5.91 Å². The number of aromatic nitrogens is 1. The van der Waals surface area contributed by atoms with Crippen molar-refractivity contribution >= 4 is 17.2 Å². The number of thiazole rings is 1. The van der Waals surface area contributed by atoms with E-state index in [0.717, 1.165) is 44.0 Å². The number of nitrogens with zero attached hydrogens (tertiary/aromatic N) is 1. The third kappa shape index (κ3) is 5.21. The summed E-state index contributed by atoms with van der Waals surface area (Å²) in [5, 5.41) is 9.64. The topological polar surface area (TPSA) is 54.0 Å². The van der Waals surface area contributed by atoms with Crippen molar-refractivity contribution in [1.82, 2.24) is 15.6 Å². The van der Waals surface area contributed by atoms with Gasteiger partial charge >= 0.3 is 0 Å². The van der Waals surface area contributed by atoms with Gasteiger partial charge in [0.25, 0.3) is 0 Å². The van der Waals surface area contributed by atoms with Gasteiger partial charge in [0.05, 0.1) is 10.7 Å². The first-order valence-corrected chi connectivity index (χ1v) is 8.56. The Morgan fingerprint density at radius 1 is 1.50 bits per heavy atom. The van der Waals surface area contributed by atoms with Crippen LogP contribution in [0.1, 0.15) is 43.3 Å². The largest absolute Gasteiger partial charge is 0.356 e. The molecule has 1 amide bonds. The first-order valence-electron chi connectivity index (χ1n) is 7.68. The first-order chi connectivity index (χ1) is 9.78. The number of nitrogens with one attached hydrogen (secondary N) is 2. The molecule has 20 heavy (non-hydrogen) atoms. The van der Waals surface area contributed by atoms with Gasteiger partial charge in [0, 0.05) is 24.8 Å². The summed E-state index contributed by atoms with van der Waals surface area (Å²) in [5.41, 5.74) is 1.10. The maximum Gasteiger partial charge on any atom is 0.220 e. The van der Waals surface area contributed by atoms with Crippen LogP contribution in [0.2, 0.25) is 0 Å². The molecule has 0 unspecified atom stereocenters. The molecule has 2 heterocycles. The maximum atomic E-state index is 11.8. The number of piperidine rings is 1. The quantitative estimate of drug-likeness (QED) is 0.810. The SMILES string of the molecule is CCc1nc(CCNC(=O)CCC2CCNCC2)cs1. The molecule has 1 saturated heterocycles. The van der Waals surface area contributed by atoms with E-state index < -0.39 is 0 Å². The van der Waals surface area contributed by atoms with Crippen molar-refractivity contribution < 1.29 is 4.79 Å². The van der Waals surface area contributed by atoms with Crippen LogP contribution in [0, 0.1) is 5.92 Å². The van der Waals surface area contributed by atoms with Gasteiger partial charge < -0.3 is 10.6 Å². The van der Waals surface area contributed by atoms with Gasteiger partial charge in [-0.2, -0.15) is 0 Å². The number of hydrogen-bond donors (Lipinski definition) is 2. The number of rotatable bonds is 7. The fourth-order valence-electron chi connectivity index (χ4n) is 2.55. The molecular formula is C15H25N3OS. The Kier molecular flexibility index (Phi) is 6.47. The van der Waals surface area contributed by atoms with E-state index in [-0.39, 0.29) is 5.91 Å². The molecule has 0 atom stereocenters. The summed E-state index contributed by atoms with van der Waals surface area (Å²) >= 11 is 1.71. The monoisotopic (exact) mass is 295 g/mol. The minimum Gasteiger partial charge on any atom is -0.356 e. The number of amides is 1. The summed E-state index contributed by atoms with van der Waals surface area (Å²) in [5.74, 6) is 0.919. The van der Waals surface area contributed by atoms with Crippen LogP contribution < -0.4 is 10.6 Å². The lowest BCUT2D eigenvalue weighted by atomic mass is 9.93. The molecule has 0 radical (unpaired) electrons. The predicted molar refractivity (Wildman–Crippen MR) is 83.0 cm³/mol. The molecule has 4 nitrogen and oxygen atoms in total. The summed E-state index contributed by atoms with van der Waals surface area (Å²) in [6.45, 7) is 5.04. The van der Waals surface area contributed by atoms with Gasteiger partial charge in [-0.05, 0) is 44.7 Å². The van der Waals surface area contributed by atoms with Crippen LogP contribution >= 0.6 is 11.3 Å². The first kappa shape index (κ1) is 15.4. The lowest BCUT2D eigenvalue weighted by molar-refractivity contribution is -0.121. The van der Waals surface area contributed by atoms with Gasteiger partial charge in [0.15, 0.2) is 0 Å². The van der Waals surface area contributed by atoms with Crippen LogP contribution in [0.3, 0.4) is 0 Å². The van der Waals surface area contributed by atoms with Gasteiger partial charge in [-0.3, -0.25) is 4.79 Å². The zero-order chi connectivity index (χ0) is 14.2. The summed E-state index contributed by atoms with van der Waals surface area (Å²) in [6.07, 6.45) is 5.97. The van der Waals surface area contributed by atoms with Crippen molar-refractivity contribution in [1.29, 1.82) is 0 Å². The Hall–Kier alpha value is -0.940. The van der Waals surface area contributed by atoms with Crippen molar-refractivity contribution in [3.05, 3.63) is 16.1 Å². The smallest absolute Gasteiger partial charge is 0.220 e. The zero-order valence-corrected chi connectivity index (χ0v) is 13.1. The molecule has 0 aliphatic carbocycles. The van der Waals surface area contributed by atoms with Crippen molar-refractivity contribution in [3.63, 3.8) is 0 Å². The lowest BCUT2D eigenvalue weighted by Crippen LogP contribution is -2.30. The number of hydrogen-bond acceptors (Lipinski definition) is 4. The van der Waals surface area contributed by atoms with Gasteiger partial charge in [-0.1, -0.05) is 6.92 Å². The summed E-state index contributed by atoms with van der Waals surface area (Å²) in [6, 6.07) is 0. The normalized spacial score (nSPS) is 16.2. The third-order valence-electron chi connectivity index (χ3n) is 3.84. The molecule has 5 heteroatoms. The highest BCUT2D eigenvalue weighted by molar-refractivity contribution is 7.09. The Morgan fingerprint density at radius 3 is 3.00 bits per heavy atom. The molecule has 2 N–H and O–H groups in total. The van der Waals surface area contributed by atoms with E-state index in [1.165, 1.54) is 17.8 Å². The number of aryl methyl sites for hydroxylation is 1. The van der Waals surface area contributed by atoms with Crippen molar-refractivity contribution in [2.45, 2.75) is 45.4 Å². The van der Waals surface area contributed by atoms with E-state index in [4.69, 9.17) is 0 Å². The van der Waals surface area contributed by atoms with Crippen LogP contribution in [0.4, 0.5) is 0 Å². The van der Waals surface area contributed by atoms with Crippen molar-refractivity contribution in [3.8, 4) is 0 Å². The van der Waals surface area contributed by atoms with Crippen LogP contribution in [0.5, 0.6) is 0 Å². The second kappa shape index (κ2) is 8.37. The van der Waals surface area contributed by atoms with Crippen LogP contribution in [-0.2, 0) is 17.6 Å². The molecule has 1 fully saturated rings. The number of carbonyl (C=O) groups is 1. The lowest BCUT2D eigenvalue weighted by Gasteiger charge is -2.22. The van der Waals surface area contributed by atoms with E-state index in [1.807, 2.05) is 0 Å². The second-order valence-electron chi connectivity index (χ2n) is 5.42. The summed E-state index contributed by atoms with van der Waals surface area (Å²) in [7, 11) is 0. The van der Waals surface area contributed by atoms with E-state index in [0.29, 0.717) is 13.0 Å². The molecule has 1 aliphatic rings. The van der Waals surface area contributed by atoms with Crippen molar-refractivity contribution in [2.24, 2.45) is 5.92 Å². The fourth-order valence-corrected chi connectivity index (χ4v) is 3.33. The van der Waals surface area contributed by atoms with Crippen molar-refractivity contribution in [2.75, 3.05) is 19.6 Å². The molecule has 0 spiro atoms. The third-order valence-corrected chi connectivity index (χ3v) is 4.89. The van der Waals surface area contributed by atoms with Crippen LogP contribution in [-0.4, -0.2) is 30.5 Å². The van der Waals surface area contributed by atoms with E-state index in [9.17, 15) is 4.79 Å². The molecule has 1 aromatic heterocycles. The molecular weight excluding hydrogens is 270 g/mol. The highest BCUT2D eigenvalue weighted by Crippen LogP contribution is 2.17. The Morgan fingerprint density at radius 2 is 2.30 bits per heavy atom. The average molecular weight is 295 g/mol. The standard InChI is InChI=1S/C15H25N3OS/c1-2-15-18-13(11-20-15)7-10-17-14(19)4-3-12-5-8-16-9-6-12/h11-12,16H,2-10H2,1H3,(H,17,19). The predicted octanol–water partition coefficient (Wildman–Crippen LogP) is 2.14. The molecule has 2 rings (SSSR count). The van der Waals surface area contributed by atoms with E-state index in [1.54, 1.807) is 11.3 Å². The fraction of sp³-hybridized carbons (Fsp3) is 0.733. The van der Waals surface area contributed by atoms with Gasteiger partial charge in [-0.15, -0.1) is 11.3 Å². The van der Waals surface area contributed by atoms with Gasteiger partial charge in [0.1, 0.15) is 0 Å². The Bertz CT molecular complexity index is 413. The van der Waals surface area contributed by atoms with Gasteiger partial charge in [-0.25, -0.2) is 4.98 Å². The van der Waals surface area contributed by atoms with E-state index >= 15 is 0 Å². The minimum absolute atomic E-state index is 0.189. The zero-order valence-electron chi connectivity index (χ0n) is 12.3. The molecule has 1 aromatic rings. The molecule has 0 bridgehead atoms. The molecule has 0 saturated carbocycles. The highest BCUT2D eigenvalue weighted by atomic mass is 32.1. The number of carbonyl (C=O) groups excluding carboxylic acids is 1. The summed E-state index contributed by atoms with van der Waals surface area (Å²) in [4.78, 5) is 16.3. The van der Waals surface area contributed by atoms with E-state index in [2.05, 4.69) is 27.9 Å². The Balaban J connectivity index is 1.57. The minimum atomic E-state index is 0.189. The molecule has 0 aromatic carbocycles. The van der Waals surface area contributed by atoms with Crippen LogP contribution in [0.25, 0.3) is 0 Å². The highest BCUT2D eigenvalue weighted by Gasteiger charge is 2.14. The Labute approximate surface area is 125 Å². The maximum absolute atomic E-state index is 11.8.